The van der Waals surface area contributed by atoms with Gasteiger partial charge in [-0.1, -0.05) is 30.3 Å². The van der Waals surface area contributed by atoms with Crippen LogP contribution in [-0.4, -0.2) is 34.3 Å². The zero-order valence-electron chi connectivity index (χ0n) is 16.4. The van der Waals surface area contributed by atoms with Gasteiger partial charge in [-0.15, -0.1) is 0 Å². The molecule has 0 saturated carbocycles. The number of rotatable bonds is 4. The van der Waals surface area contributed by atoms with E-state index in [9.17, 15) is 14.4 Å². The molecule has 1 aromatic heterocycles. The second kappa shape index (κ2) is 8.14. The van der Waals surface area contributed by atoms with Crippen LogP contribution in [0.1, 0.15) is 20.8 Å². The second-order valence-electron chi connectivity index (χ2n) is 7.43. The predicted molar refractivity (Wildman–Crippen MR) is 111 cm³/mol. The van der Waals surface area contributed by atoms with E-state index < -0.39 is 17.6 Å². The highest BCUT2D eigenvalue weighted by Crippen LogP contribution is 2.26. The summed E-state index contributed by atoms with van der Waals surface area (Å²) in [4.78, 5) is 35.8. The highest BCUT2D eigenvalue weighted by Gasteiger charge is 2.16. The van der Waals surface area contributed by atoms with Gasteiger partial charge >= 0.3 is 6.09 Å². The number of benzene rings is 2. The van der Waals surface area contributed by atoms with E-state index in [0.29, 0.717) is 22.2 Å². The maximum Gasteiger partial charge on any atom is 0.408 e. The van der Waals surface area contributed by atoms with Crippen LogP contribution in [0.4, 0.5) is 10.5 Å². The minimum Gasteiger partial charge on any atom is -0.444 e. The highest BCUT2D eigenvalue weighted by molar-refractivity contribution is 5.96. The lowest BCUT2D eigenvalue weighted by molar-refractivity contribution is -0.115. The quantitative estimate of drug-likeness (QED) is 0.629. The van der Waals surface area contributed by atoms with Crippen molar-refractivity contribution in [3.63, 3.8) is 0 Å². The number of carbonyl (C=O) groups excluding carboxylic acids is 2. The molecule has 0 bridgehead atoms. The van der Waals surface area contributed by atoms with Crippen LogP contribution < -0.4 is 16.2 Å². The lowest BCUT2D eigenvalue weighted by Gasteiger charge is -2.19. The average Bonchev–Trinajstić information content (AvgIpc) is 2.66. The van der Waals surface area contributed by atoms with Gasteiger partial charge in [0, 0.05) is 16.6 Å². The SMILES string of the molecule is CC(C)(C)OC(=O)NCC(=O)Nc1cccc(-c2n[nH]c(=O)c3ccccc23)c1. The molecule has 29 heavy (non-hydrogen) atoms. The van der Waals surface area contributed by atoms with E-state index >= 15 is 0 Å². The molecule has 150 valence electrons. The minimum absolute atomic E-state index is 0.223. The number of anilines is 1. The van der Waals surface area contributed by atoms with Crippen molar-refractivity contribution >= 4 is 28.5 Å². The zero-order valence-corrected chi connectivity index (χ0v) is 16.4. The Morgan fingerprint density at radius 3 is 2.52 bits per heavy atom. The number of aromatic amines is 1. The number of nitrogens with one attached hydrogen (secondary N) is 3. The van der Waals surface area contributed by atoms with Crippen molar-refractivity contribution in [3.8, 4) is 11.3 Å². The van der Waals surface area contributed by atoms with Gasteiger partial charge in [-0.3, -0.25) is 9.59 Å². The number of amides is 2. The zero-order chi connectivity index (χ0) is 21.0. The molecule has 0 saturated heterocycles. The van der Waals surface area contributed by atoms with Gasteiger partial charge in [0.1, 0.15) is 12.1 Å². The maximum absolute atomic E-state index is 12.1. The van der Waals surface area contributed by atoms with Crippen molar-refractivity contribution in [2.75, 3.05) is 11.9 Å². The summed E-state index contributed by atoms with van der Waals surface area (Å²) in [6, 6.07) is 14.3. The van der Waals surface area contributed by atoms with Crippen molar-refractivity contribution in [1.29, 1.82) is 0 Å². The van der Waals surface area contributed by atoms with Crippen LogP contribution >= 0.6 is 0 Å². The summed E-state index contributed by atoms with van der Waals surface area (Å²) >= 11 is 0. The van der Waals surface area contributed by atoms with E-state index in [4.69, 9.17) is 4.74 Å². The third-order valence-electron chi connectivity index (χ3n) is 3.91. The number of fused-ring (bicyclic) bond motifs is 1. The molecule has 0 aliphatic carbocycles. The maximum atomic E-state index is 12.1. The minimum atomic E-state index is -0.662. The Morgan fingerprint density at radius 2 is 1.79 bits per heavy atom. The van der Waals surface area contributed by atoms with E-state index in [1.165, 1.54) is 0 Å². The average molecular weight is 394 g/mol. The van der Waals surface area contributed by atoms with Crippen LogP contribution in [-0.2, 0) is 9.53 Å². The van der Waals surface area contributed by atoms with Crippen molar-refractivity contribution < 1.29 is 14.3 Å². The standard InChI is InChI=1S/C21H22N4O4/c1-21(2,3)29-20(28)22-12-17(26)23-14-8-6-7-13(11-14)18-15-9-4-5-10-16(15)19(27)25-24-18/h4-11H,12H2,1-3H3,(H,22,28)(H,23,26)(H,25,27). The first-order valence-corrected chi connectivity index (χ1v) is 9.07. The Hall–Kier alpha value is -3.68. The Bertz CT molecular complexity index is 1120. The number of nitrogens with zero attached hydrogens (tertiary/aromatic N) is 1. The predicted octanol–water partition coefficient (Wildman–Crippen LogP) is 3.05. The van der Waals surface area contributed by atoms with Gasteiger partial charge in [-0.2, -0.15) is 5.10 Å². The van der Waals surface area contributed by atoms with Gasteiger partial charge in [0.2, 0.25) is 5.91 Å². The van der Waals surface area contributed by atoms with E-state index in [1.807, 2.05) is 18.2 Å². The number of aromatic nitrogens is 2. The summed E-state index contributed by atoms with van der Waals surface area (Å²) < 4.78 is 5.10. The lowest BCUT2D eigenvalue weighted by Crippen LogP contribution is -2.37. The third kappa shape index (κ3) is 5.19. The number of alkyl carbamates (subject to hydrolysis) is 1. The number of hydrogen-bond donors (Lipinski definition) is 3. The highest BCUT2D eigenvalue weighted by atomic mass is 16.6. The molecule has 1 heterocycles. The molecule has 3 rings (SSSR count). The van der Waals surface area contributed by atoms with Crippen molar-refractivity contribution in [1.82, 2.24) is 15.5 Å². The molecule has 0 radical (unpaired) electrons. The van der Waals surface area contributed by atoms with E-state index in [0.717, 1.165) is 5.56 Å². The molecule has 8 heteroatoms. The Morgan fingerprint density at radius 1 is 1.07 bits per heavy atom. The van der Waals surface area contributed by atoms with Crippen molar-refractivity contribution in [2.24, 2.45) is 0 Å². The largest absolute Gasteiger partial charge is 0.444 e. The first-order chi connectivity index (χ1) is 13.7. The van der Waals surface area contributed by atoms with Crippen LogP contribution in [0.3, 0.4) is 0 Å². The van der Waals surface area contributed by atoms with Crippen molar-refractivity contribution in [3.05, 3.63) is 58.9 Å². The first kappa shape index (κ1) is 20.1. The first-order valence-electron chi connectivity index (χ1n) is 9.07. The number of hydrogen-bond acceptors (Lipinski definition) is 5. The summed E-state index contributed by atoms with van der Waals surface area (Å²) in [6.45, 7) is 5.01. The molecule has 0 fully saturated rings. The molecule has 8 nitrogen and oxygen atoms in total. The number of carbonyl (C=O) groups is 2. The van der Waals surface area contributed by atoms with E-state index in [2.05, 4.69) is 20.8 Å². The van der Waals surface area contributed by atoms with Gasteiger partial charge in [0.05, 0.1) is 11.1 Å². The molecule has 0 unspecified atom stereocenters. The molecule has 0 aliphatic rings. The fourth-order valence-electron chi connectivity index (χ4n) is 2.75. The topological polar surface area (TPSA) is 113 Å². The molecule has 3 aromatic rings. The van der Waals surface area contributed by atoms with E-state index in [1.54, 1.807) is 51.1 Å². The third-order valence-corrected chi connectivity index (χ3v) is 3.91. The molecule has 3 N–H and O–H groups in total. The molecule has 2 aromatic carbocycles. The lowest BCUT2D eigenvalue weighted by atomic mass is 10.0. The summed E-state index contributed by atoms with van der Waals surface area (Å²) in [5.74, 6) is -0.396. The summed E-state index contributed by atoms with van der Waals surface area (Å²) in [6.07, 6.45) is -0.662. The summed E-state index contributed by atoms with van der Waals surface area (Å²) in [5.41, 5.74) is 0.970. The van der Waals surface area contributed by atoms with Gasteiger partial charge in [-0.25, -0.2) is 9.89 Å². The summed E-state index contributed by atoms with van der Waals surface area (Å²) in [5, 5.41) is 13.0. The molecule has 0 aliphatic heterocycles. The fourth-order valence-corrected chi connectivity index (χ4v) is 2.75. The molecule has 0 atom stereocenters. The number of ether oxygens (including phenoxy) is 1. The molecule has 0 spiro atoms. The van der Waals surface area contributed by atoms with Crippen molar-refractivity contribution in [2.45, 2.75) is 26.4 Å². The van der Waals surface area contributed by atoms with Crippen LogP contribution in [0.2, 0.25) is 0 Å². The normalized spacial score (nSPS) is 11.1. The van der Waals surface area contributed by atoms with Gasteiger partial charge in [0.15, 0.2) is 0 Å². The molecular formula is C21H22N4O4. The van der Waals surface area contributed by atoms with Gasteiger partial charge in [0.25, 0.3) is 5.56 Å². The fraction of sp³-hybridized carbons (Fsp3) is 0.238. The summed E-state index contributed by atoms with van der Waals surface area (Å²) in [7, 11) is 0. The monoisotopic (exact) mass is 394 g/mol. The Kier molecular flexibility index (Phi) is 5.63. The molecule has 2 amide bonds. The number of H-pyrrole nitrogens is 1. The Balaban J connectivity index is 1.74. The Labute approximate surface area is 167 Å². The van der Waals surface area contributed by atoms with Crippen LogP contribution in [0, 0.1) is 0 Å². The smallest absolute Gasteiger partial charge is 0.408 e. The second-order valence-corrected chi connectivity index (χ2v) is 7.43. The van der Waals surface area contributed by atoms with Gasteiger partial charge in [-0.05, 0) is 39.0 Å². The van der Waals surface area contributed by atoms with Crippen LogP contribution in [0.15, 0.2) is 53.3 Å². The van der Waals surface area contributed by atoms with Gasteiger partial charge < -0.3 is 15.4 Å². The van der Waals surface area contributed by atoms with E-state index in [-0.39, 0.29) is 12.1 Å². The van der Waals surface area contributed by atoms with Crippen LogP contribution in [0.5, 0.6) is 0 Å². The van der Waals surface area contributed by atoms with Crippen LogP contribution in [0.25, 0.3) is 22.0 Å². The molecular weight excluding hydrogens is 372 g/mol.